The molecule has 30 heavy (non-hydrogen) atoms. The smallest absolute Gasteiger partial charge is 0.237 e. The Morgan fingerprint density at radius 3 is 2.57 bits per heavy atom. The summed E-state index contributed by atoms with van der Waals surface area (Å²) in [5.41, 5.74) is 1.17. The standard InChI is InChI=1S/C23H34N4O3/c1-30-21-9-5-2-6-18(21)17-25-12-14-26(15-13-25)22(28)16-20-23(29)24-10-11-27(20)19-7-3-4-8-19/h2,5-6,9,19-20H,3-4,7-8,10-17H2,1H3,(H,24,29). The van der Waals surface area contributed by atoms with Crippen molar-refractivity contribution in [3.63, 3.8) is 0 Å². The Bertz CT molecular complexity index is 742. The molecule has 1 N–H and O–H groups in total. The number of nitrogens with one attached hydrogen (secondary N) is 1. The minimum atomic E-state index is -0.305. The number of ether oxygens (including phenoxy) is 1. The summed E-state index contributed by atoms with van der Waals surface area (Å²) < 4.78 is 5.46. The number of benzene rings is 1. The van der Waals surface area contributed by atoms with Gasteiger partial charge in [-0.1, -0.05) is 31.0 Å². The van der Waals surface area contributed by atoms with Crippen LogP contribution in [0.15, 0.2) is 24.3 Å². The van der Waals surface area contributed by atoms with Crippen molar-refractivity contribution in [1.82, 2.24) is 20.0 Å². The highest BCUT2D eigenvalue weighted by Gasteiger charge is 2.37. The van der Waals surface area contributed by atoms with Crippen LogP contribution in [0.2, 0.25) is 0 Å². The fourth-order valence-corrected chi connectivity index (χ4v) is 5.14. The summed E-state index contributed by atoms with van der Waals surface area (Å²) in [4.78, 5) is 32.2. The molecule has 1 unspecified atom stereocenters. The van der Waals surface area contributed by atoms with Crippen LogP contribution in [0.4, 0.5) is 0 Å². The van der Waals surface area contributed by atoms with Crippen LogP contribution in [0.1, 0.15) is 37.7 Å². The number of para-hydroxylation sites is 1. The Balaban J connectivity index is 1.30. The quantitative estimate of drug-likeness (QED) is 0.764. The van der Waals surface area contributed by atoms with E-state index < -0.39 is 0 Å². The maximum absolute atomic E-state index is 13.0. The van der Waals surface area contributed by atoms with Gasteiger partial charge in [-0.15, -0.1) is 0 Å². The van der Waals surface area contributed by atoms with E-state index in [0.29, 0.717) is 32.1 Å². The van der Waals surface area contributed by atoms with Crippen LogP contribution in [0.3, 0.4) is 0 Å². The Morgan fingerprint density at radius 2 is 1.83 bits per heavy atom. The van der Waals surface area contributed by atoms with E-state index in [9.17, 15) is 9.59 Å². The molecule has 2 heterocycles. The zero-order valence-corrected chi connectivity index (χ0v) is 18.0. The van der Waals surface area contributed by atoms with Crippen molar-refractivity contribution < 1.29 is 14.3 Å². The predicted molar refractivity (Wildman–Crippen MR) is 115 cm³/mol. The van der Waals surface area contributed by atoms with Gasteiger partial charge in [-0.25, -0.2) is 0 Å². The Hall–Kier alpha value is -2.12. The van der Waals surface area contributed by atoms with E-state index >= 15 is 0 Å². The number of methoxy groups -OCH3 is 1. The minimum Gasteiger partial charge on any atom is -0.496 e. The SMILES string of the molecule is COc1ccccc1CN1CCN(C(=O)CC2C(=O)NCCN2C2CCCC2)CC1. The Labute approximate surface area is 179 Å². The van der Waals surface area contributed by atoms with Crippen molar-refractivity contribution in [1.29, 1.82) is 0 Å². The molecule has 0 aromatic heterocycles. The molecule has 1 saturated carbocycles. The highest BCUT2D eigenvalue weighted by molar-refractivity contribution is 5.89. The number of carbonyl (C=O) groups excluding carboxylic acids is 2. The largest absolute Gasteiger partial charge is 0.496 e. The van der Waals surface area contributed by atoms with E-state index in [1.807, 2.05) is 23.1 Å². The van der Waals surface area contributed by atoms with Gasteiger partial charge in [-0.2, -0.15) is 0 Å². The molecule has 4 rings (SSSR count). The van der Waals surface area contributed by atoms with Gasteiger partial charge in [0, 0.05) is 57.4 Å². The van der Waals surface area contributed by atoms with E-state index in [0.717, 1.165) is 44.8 Å². The molecule has 1 aliphatic carbocycles. The van der Waals surface area contributed by atoms with Crippen molar-refractivity contribution in [2.75, 3.05) is 46.4 Å². The first-order valence-corrected chi connectivity index (χ1v) is 11.3. The van der Waals surface area contributed by atoms with E-state index in [1.54, 1.807) is 7.11 Å². The fourth-order valence-electron chi connectivity index (χ4n) is 5.14. The zero-order valence-electron chi connectivity index (χ0n) is 18.0. The van der Waals surface area contributed by atoms with Gasteiger partial charge in [0.2, 0.25) is 11.8 Å². The van der Waals surface area contributed by atoms with Crippen LogP contribution in [-0.4, -0.2) is 85.0 Å². The third-order valence-corrected chi connectivity index (χ3v) is 6.85. The number of rotatable bonds is 6. The fraction of sp³-hybridized carbons (Fsp3) is 0.652. The van der Waals surface area contributed by atoms with Gasteiger partial charge in [-0.05, 0) is 18.9 Å². The highest BCUT2D eigenvalue weighted by Crippen LogP contribution is 2.27. The molecule has 164 valence electrons. The van der Waals surface area contributed by atoms with Gasteiger partial charge in [0.1, 0.15) is 5.75 Å². The molecule has 0 radical (unpaired) electrons. The van der Waals surface area contributed by atoms with Crippen molar-refractivity contribution >= 4 is 11.8 Å². The molecule has 7 heteroatoms. The molecule has 3 fully saturated rings. The van der Waals surface area contributed by atoms with E-state index in [2.05, 4.69) is 21.2 Å². The number of hydrogen-bond acceptors (Lipinski definition) is 5. The normalized spacial score (nSPS) is 24.1. The highest BCUT2D eigenvalue weighted by atomic mass is 16.5. The van der Waals surface area contributed by atoms with Crippen LogP contribution in [0.25, 0.3) is 0 Å². The monoisotopic (exact) mass is 414 g/mol. The van der Waals surface area contributed by atoms with Gasteiger partial charge < -0.3 is 15.0 Å². The number of carbonyl (C=O) groups is 2. The van der Waals surface area contributed by atoms with Crippen LogP contribution in [-0.2, 0) is 16.1 Å². The lowest BCUT2D eigenvalue weighted by Gasteiger charge is -2.40. The zero-order chi connectivity index (χ0) is 20.9. The van der Waals surface area contributed by atoms with Gasteiger partial charge in [0.25, 0.3) is 0 Å². The predicted octanol–water partition coefficient (Wildman–Crippen LogP) is 1.47. The second kappa shape index (κ2) is 9.79. The molecular formula is C23H34N4O3. The molecular weight excluding hydrogens is 380 g/mol. The van der Waals surface area contributed by atoms with Crippen LogP contribution < -0.4 is 10.1 Å². The second-order valence-electron chi connectivity index (χ2n) is 8.66. The maximum atomic E-state index is 13.0. The van der Waals surface area contributed by atoms with Crippen molar-refractivity contribution in [2.24, 2.45) is 0 Å². The average Bonchev–Trinajstić information content (AvgIpc) is 3.31. The molecule has 2 aliphatic heterocycles. The minimum absolute atomic E-state index is 0.0244. The van der Waals surface area contributed by atoms with Gasteiger partial charge in [0.15, 0.2) is 0 Å². The molecule has 7 nitrogen and oxygen atoms in total. The number of amides is 2. The summed E-state index contributed by atoms with van der Waals surface area (Å²) in [6, 6.07) is 8.25. The lowest BCUT2D eigenvalue weighted by molar-refractivity contribution is -0.141. The van der Waals surface area contributed by atoms with Crippen LogP contribution in [0, 0.1) is 0 Å². The average molecular weight is 415 g/mol. The van der Waals surface area contributed by atoms with Gasteiger partial charge in [0.05, 0.1) is 19.6 Å². The molecule has 1 atom stereocenters. The topological polar surface area (TPSA) is 65.1 Å². The molecule has 2 amide bonds. The second-order valence-corrected chi connectivity index (χ2v) is 8.66. The number of hydrogen-bond donors (Lipinski definition) is 1. The van der Waals surface area contributed by atoms with Crippen LogP contribution >= 0.6 is 0 Å². The third-order valence-electron chi connectivity index (χ3n) is 6.85. The summed E-state index contributed by atoms with van der Waals surface area (Å²) in [7, 11) is 1.70. The lowest BCUT2D eigenvalue weighted by Crippen LogP contribution is -2.59. The van der Waals surface area contributed by atoms with Gasteiger partial charge >= 0.3 is 0 Å². The Kier molecular flexibility index (Phi) is 6.89. The summed E-state index contributed by atoms with van der Waals surface area (Å²) in [5.74, 6) is 1.04. The number of nitrogens with zero attached hydrogens (tertiary/aromatic N) is 3. The molecule has 1 aromatic carbocycles. The van der Waals surface area contributed by atoms with Crippen molar-refractivity contribution in [3.8, 4) is 5.75 Å². The molecule has 0 spiro atoms. The first-order valence-electron chi connectivity index (χ1n) is 11.3. The van der Waals surface area contributed by atoms with E-state index in [1.165, 1.54) is 18.4 Å². The van der Waals surface area contributed by atoms with Crippen molar-refractivity contribution in [3.05, 3.63) is 29.8 Å². The van der Waals surface area contributed by atoms with Crippen molar-refractivity contribution in [2.45, 2.75) is 50.7 Å². The Morgan fingerprint density at radius 1 is 1.10 bits per heavy atom. The third kappa shape index (κ3) is 4.78. The summed E-state index contributed by atoms with van der Waals surface area (Å²) >= 11 is 0. The first kappa shape index (κ1) is 21.1. The summed E-state index contributed by atoms with van der Waals surface area (Å²) in [5, 5.41) is 2.97. The van der Waals surface area contributed by atoms with E-state index in [-0.39, 0.29) is 17.9 Å². The van der Waals surface area contributed by atoms with E-state index in [4.69, 9.17) is 4.74 Å². The molecule has 3 aliphatic rings. The number of piperazine rings is 2. The first-order chi connectivity index (χ1) is 14.7. The molecule has 2 saturated heterocycles. The maximum Gasteiger partial charge on any atom is 0.237 e. The van der Waals surface area contributed by atoms with Crippen LogP contribution in [0.5, 0.6) is 5.75 Å². The molecule has 1 aromatic rings. The van der Waals surface area contributed by atoms with Gasteiger partial charge in [-0.3, -0.25) is 19.4 Å². The molecule has 0 bridgehead atoms. The summed E-state index contributed by atoms with van der Waals surface area (Å²) in [6.45, 7) is 5.49. The lowest BCUT2D eigenvalue weighted by atomic mass is 10.0. The summed E-state index contributed by atoms with van der Waals surface area (Å²) in [6.07, 6.45) is 5.07.